The van der Waals surface area contributed by atoms with E-state index in [2.05, 4.69) is 10.3 Å². The van der Waals surface area contributed by atoms with Crippen LogP contribution in [0.25, 0.3) is 0 Å². The first kappa shape index (κ1) is 15.3. The van der Waals surface area contributed by atoms with Crippen molar-refractivity contribution >= 4 is 23.3 Å². The number of nitrogens with zero attached hydrogens (tertiary/aromatic N) is 1. The number of ether oxygens (including phenoxy) is 1. The first-order valence-corrected chi connectivity index (χ1v) is 7.13. The molecule has 1 aromatic carbocycles. The molecule has 110 valence electrons. The molecule has 1 aromatic heterocycles. The number of carbonyl (C=O) groups excluding carboxylic acids is 1. The maximum atomic E-state index is 11.7. The van der Waals surface area contributed by atoms with Crippen LogP contribution in [0.1, 0.15) is 18.4 Å². The molecule has 0 bridgehead atoms. The first-order valence-electron chi connectivity index (χ1n) is 6.75. The number of amides is 1. The summed E-state index contributed by atoms with van der Waals surface area (Å²) >= 11 is 5.88. The van der Waals surface area contributed by atoms with Crippen molar-refractivity contribution in [3.63, 3.8) is 0 Å². The van der Waals surface area contributed by atoms with Gasteiger partial charge in [0.15, 0.2) is 0 Å². The van der Waals surface area contributed by atoms with Crippen LogP contribution in [0.2, 0.25) is 5.02 Å². The van der Waals surface area contributed by atoms with E-state index >= 15 is 0 Å². The monoisotopic (exact) mass is 304 g/mol. The third-order valence-electron chi connectivity index (χ3n) is 2.88. The maximum Gasteiger partial charge on any atom is 0.225 e. The van der Waals surface area contributed by atoms with Crippen molar-refractivity contribution < 1.29 is 9.53 Å². The SMILES string of the molecule is Cc1cc(Cl)ccc1OCCCC(=O)Nc1ccccn1. The molecule has 0 saturated heterocycles. The summed E-state index contributed by atoms with van der Waals surface area (Å²) in [7, 11) is 0. The Bertz CT molecular complexity index is 602. The van der Waals surface area contributed by atoms with Crippen LogP contribution < -0.4 is 10.1 Å². The fourth-order valence-corrected chi connectivity index (χ4v) is 2.06. The summed E-state index contributed by atoms with van der Waals surface area (Å²) < 4.78 is 5.64. The van der Waals surface area contributed by atoms with Crippen LogP contribution in [0, 0.1) is 6.92 Å². The predicted octanol–water partition coefficient (Wildman–Crippen LogP) is 3.84. The highest BCUT2D eigenvalue weighted by molar-refractivity contribution is 6.30. The molecule has 0 aliphatic heterocycles. The van der Waals surface area contributed by atoms with Gasteiger partial charge in [-0.3, -0.25) is 4.79 Å². The zero-order valence-electron chi connectivity index (χ0n) is 11.8. The predicted molar refractivity (Wildman–Crippen MR) is 83.8 cm³/mol. The highest BCUT2D eigenvalue weighted by Crippen LogP contribution is 2.21. The van der Waals surface area contributed by atoms with Gasteiger partial charge < -0.3 is 10.1 Å². The smallest absolute Gasteiger partial charge is 0.225 e. The number of carbonyl (C=O) groups is 1. The minimum absolute atomic E-state index is 0.0647. The van der Waals surface area contributed by atoms with Gasteiger partial charge in [-0.1, -0.05) is 17.7 Å². The number of hydrogen-bond acceptors (Lipinski definition) is 3. The van der Waals surface area contributed by atoms with Crippen LogP contribution in [0.3, 0.4) is 0 Å². The quantitative estimate of drug-likeness (QED) is 0.825. The first-order chi connectivity index (χ1) is 10.1. The lowest BCUT2D eigenvalue weighted by molar-refractivity contribution is -0.116. The summed E-state index contributed by atoms with van der Waals surface area (Å²) in [6.07, 6.45) is 2.67. The number of benzene rings is 1. The number of halogens is 1. The molecule has 1 amide bonds. The summed E-state index contributed by atoms with van der Waals surface area (Å²) in [4.78, 5) is 15.7. The van der Waals surface area contributed by atoms with E-state index in [1.54, 1.807) is 24.4 Å². The topological polar surface area (TPSA) is 51.2 Å². The summed E-state index contributed by atoms with van der Waals surface area (Å²) in [6.45, 7) is 2.42. The largest absolute Gasteiger partial charge is 0.493 e. The normalized spacial score (nSPS) is 10.2. The van der Waals surface area contributed by atoms with E-state index in [9.17, 15) is 4.79 Å². The molecule has 0 spiro atoms. The van der Waals surface area contributed by atoms with Gasteiger partial charge in [-0.2, -0.15) is 0 Å². The van der Waals surface area contributed by atoms with Gasteiger partial charge in [0.1, 0.15) is 11.6 Å². The average molecular weight is 305 g/mol. The molecule has 2 aromatic rings. The van der Waals surface area contributed by atoms with Crippen LogP contribution in [-0.4, -0.2) is 17.5 Å². The number of aryl methyl sites for hydroxylation is 1. The molecular formula is C16H17ClN2O2. The minimum Gasteiger partial charge on any atom is -0.493 e. The van der Waals surface area contributed by atoms with Crippen molar-refractivity contribution in [3.05, 3.63) is 53.2 Å². The second-order valence-corrected chi connectivity index (χ2v) is 5.06. The van der Waals surface area contributed by atoms with Gasteiger partial charge in [0, 0.05) is 17.6 Å². The molecule has 0 saturated carbocycles. The molecule has 21 heavy (non-hydrogen) atoms. The number of nitrogens with one attached hydrogen (secondary N) is 1. The Kier molecular flexibility index (Phi) is 5.58. The van der Waals surface area contributed by atoms with E-state index in [0.717, 1.165) is 11.3 Å². The van der Waals surface area contributed by atoms with E-state index in [4.69, 9.17) is 16.3 Å². The molecule has 4 nitrogen and oxygen atoms in total. The second-order valence-electron chi connectivity index (χ2n) is 4.62. The number of aromatic nitrogens is 1. The van der Waals surface area contributed by atoms with Gasteiger partial charge in [0.25, 0.3) is 0 Å². The maximum absolute atomic E-state index is 11.7. The second kappa shape index (κ2) is 7.64. The fourth-order valence-electron chi connectivity index (χ4n) is 1.83. The van der Waals surface area contributed by atoms with Gasteiger partial charge in [-0.25, -0.2) is 4.98 Å². The summed E-state index contributed by atoms with van der Waals surface area (Å²) in [6, 6.07) is 10.9. The van der Waals surface area contributed by atoms with Crippen molar-refractivity contribution in [3.8, 4) is 5.75 Å². The van der Waals surface area contributed by atoms with Gasteiger partial charge >= 0.3 is 0 Å². The minimum atomic E-state index is -0.0647. The van der Waals surface area contributed by atoms with Crippen molar-refractivity contribution in [2.45, 2.75) is 19.8 Å². The van der Waals surface area contributed by atoms with Gasteiger partial charge in [-0.05, 0) is 49.2 Å². The van der Waals surface area contributed by atoms with Gasteiger partial charge in [-0.15, -0.1) is 0 Å². The van der Waals surface area contributed by atoms with E-state index in [0.29, 0.717) is 30.3 Å². The lowest BCUT2D eigenvalue weighted by atomic mass is 10.2. The number of pyridine rings is 1. The Morgan fingerprint density at radius 1 is 1.33 bits per heavy atom. The highest BCUT2D eigenvalue weighted by atomic mass is 35.5. The van der Waals surface area contributed by atoms with Gasteiger partial charge in [0.05, 0.1) is 6.61 Å². The standard InChI is InChI=1S/C16H17ClN2O2/c1-12-11-13(17)7-8-14(12)21-10-4-6-16(20)19-15-5-2-3-9-18-15/h2-3,5,7-9,11H,4,6,10H2,1H3,(H,18,19,20). The zero-order valence-corrected chi connectivity index (χ0v) is 12.6. The molecule has 0 radical (unpaired) electrons. The molecule has 2 rings (SSSR count). The average Bonchev–Trinajstić information content (AvgIpc) is 2.46. The Morgan fingerprint density at radius 3 is 2.90 bits per heavy atom. The van der Waals surface area contributed by atoms with Crippen LogP contribution in [0.4, 0.5) is 5.82 Å². The van der Waals surface area contributed by atoms with Gasteiger partial charge in [0.2, 0.25) is 5.91 Å². The Hall–Kier alpha value is -2.07. The molecule has 0 atom stereocenters. The van der Waals surface area contributed by atoms with Crippen molar-refractivity contribution in [1.82, 2.24) is 4.98 Å². The number of rotatable bonds is 6. The molecule has 0 aliphatic carbocycles. The van der Waals surface area contributed by atoms with E-state index in [1.807, 2.05) is 25.1 Å². The molecule has 5 heteroatoms. The van der Waals surface area contributed by atoms with E-state index in [1.165, 1.54) is 0 Å². The third kappa shape index (κ3) is 5.08. The van der Waals surface area contributed by atoms with E-state index in [-0.39, 0.29) is 5.91 Å². The molecule has 0 fully saturated rings. The van der Waals surface area contributed by atoms with Crippen molar-refractivity contribution in [2.24, 2.45) is 0 Å². The zero-order chi connectivity index (χ0) is 15.1. The number of anilines is 1. The Balaban J connectivity index is 1.71. The summed E-state index contributed by atoms with van der Waals surface area (Å²) in [5.41, 5.74) is 0.987. The third-order valence-corrected chi connectivity index (χ3v) is 3.11. The number of hydrogen-bond donors (Lipinski definition) is 1. The van der Waals surface area contributed by atoms with Crippen LogP contribution in [0.5, 0.6) is 5.75 Å². The van der Waals surface area contributed by atoms with Crippen molar-refractivity contribution in [1.29, 1.82) is 0 Å². The lowest BCUT2D eigenvalue weighted by Gasteiger charge is -2.09. The Labute approximate surface area is 129 Å². The summed E-state index contributed by atoms with van der Waals surface area (Å²) in [5.74, 6) is 1.30. The van der Waals surface area contributed by atoms with Crippen molar-refractivity contribution in [2.75, 3.05) is 11.9 Å². The van der Waals surface area contributed by atoms with Crippen LogP contribution in [-0.2, 0) is 4.79 Å². The summed E-state index contributed by atoms with van der Waals surface area (Å²) in [5, 5.41) is 3.43. The van der Waals surface area contributed by atoms with Crippen LogP contribution in [0.15, 0.2) is 42.6 Å². The Morgan fingerprint density at radius 2 is 2.19 bits per heavy atom. The van der Waals surface area contributed by atoms with Crippen LogP contribution >= 0.6 is 11.6 Å². The molecular weight excluding hydrogens is 288 g/mol. The van der Waals surface area contributed by atoms with E-state index < -0.39 is 0 Å². The fraction of sp³-hybridized carbons (Fsp3) is 0.250. The molecule has 0 aliphatic rings. The highest BCUT2D eigenvalue weighted by Gasteiger charge is 2.04. The lowest BCUT2D eigenvalue weighted by Crippen LogP contribution is -2.13. The molecule has 1 heterocycles. The molecule has 1 N–H and O–H groups in total. The molecule has 0 unspecified atom stereocenters.